The molecule has 0 spiro atoms. The number of Topliss-reactive ketones (excluding diaryl/α,β-unsaturated/α-hetero) is 1. The van der Waals surface area contributed by atoms with Crippen molar-refractivity contribution in [3.8, 4) is 0 Å². The molecule has 3 heteroatoms. The van der Waals surface area contributed by atoms with E-state index in [-0.39, 0.29) is 12.0 Å². The van der Waals surface area contributed by atoms with Crippen LogP contribution in [0.4, 0.5) is 0 Å². The zero-order valence-electron chi connectivity index (χ0n) is 9.13. The summed E-state index contributed by atoms with van der Waals surface area (Å²) < 4.78 is 5.70. The van der Waals surface area contributed by atoms with Crippen molar-refractivity contribution in [3.05, 3.63) is 30.1 Å². The van der Waals surface area contributed by atoms with Gasteiger partial charge in [-0.3, -0.25) is 9.78 Å². The van der Waals surface area contributed by atoms with Crippen molar-refractivity contribution in [2.24, 2.45) is 5.92 Å². The Labute approximate surface area is 94.8 Å². The molecule has 0 radical (unpaired) electrons. The largest absolute Gasteiger partial charge is 0.374 e. The number of hydrogen-bond acceptors (Lipinski definition) is 3. The zero-order valence-corrected chi connectivity index (χ0v) is 9.13. The minimum atomic E-state index is 0.126. The van der Waals surface area contributed by atoms with Gasteiger partial charge in [0.1, 0.15) is 5.78 Å². The molecule has 3 heterocycles. The number of fused-ring (bicyclic) bond motifs is 2. The van der Waals surface area contributed by atoms with Crippen LogP contribution in [0, 0.1) is 5.92 Å². The monoisotopic (exact) mass is 217 g/mol. The van der Waals surface area contributed by atoms with Crippen molar-refractivity contribution >= 4 is 5.78 Å². The SMILES string of the molecule is O=C(Cc1ccccn1)C1CC2CCC1O2. The standard InChI is InChI=1S/C13H15NO2/c15-12(7-9-3-1-2-6-14-9)11-8-10-4-5-13(11)16-10/h1-3,6,10-11,13H,4-5,7-8H2. The van der Waals surface area contributed by atoms with E-state index in [2.05, 4.69) is 4.98 Å². The molecule has 0 aliphatic carbocycles. The van der Waals surface area contributed by atoms with E-state index < -0.39 is 0 Å². The molecule has 0 saturated carbocycles. The first-order valence-corrected chi connectivity index (χ1v) is 5.91. The third-order valence-electron chi connectivity index (χ3n) is 3.60. The molecule has 1 aromatic heterocycles. The van der Waals surface area contributed by atoms with Crippen molar-refractivity contribution in [3.63, 3.8) is 0 Å². The average Bonchev–Trinajstić information content (AvgIpc) is 2.92. The van der Waals surface area contributed by atoms with Gasteiger partial charge < -0.3 is 4.74 Å². The van der Waals surface area contributed by atoms with E-state index in [0.29, 0.717) is 18.3 Å². The van der Waals surface area contributed by atoms with Crippen LogP contribution >= 0.6 is 0 Å². The summed E-state index contributed by atoms with van der Waals surface area (Å²) in [7, 11) is 0. The lowest BCUT2D eigenvalue weighted by atomic mass is 9.85. The fraction of sp³-hybridized carbons (Fsp3) is 0.538. The molecule has 2 saturated heterocycles. The smallest absolute Gasteiger partial charge is 0.144 e. The molecule has 3 atom stereocenters. The fourth-order valence-corrected chi connectivity index (χ4v) is 2.79. The van der Waals surface area contributed by atoms with Crippen molar-refractivity contribution in [2.45, 2.75) is 37.9 Å². The summed E-state index contributed by atoms with van der Waals surface area (Å²) in [6.07, 6.45) is 5.86. The number of ketones is 1. The summed E-state index contributed by atoms with van der Waals surface area (Å²) in [5, 5.41) is 0. The molecule has 84 valence electrons. The molecule has 2 aliphatic heterocycles. The Hall–Kier alpha value is -1.22. The predicted molar refractivity (Wildman–Crippen MR) is 59.0 cm³/mol. The maximum Gasteiger partial charge on any atom is 0.144 e. The Morgan fingerprint density at radius 2 is 2.38 bits per heavy atom. The first-order chi connectivity index (χ1) is 7.83. The molecular formula is C13H15NO2. The van der Waals surface area contributed by atoms with Gasteiger partial charge in [-0.1, -0.05) is 6.07 Å². The van der Waals surface area contributed by atoms with Gasteiger partial charge in [0.2, 0.25) is 0 Å². The fourth-order valence-electron chi connectivity index (χ4n) is 2.79. The molecule has 2 fully saturated rings. The highest BCUT2D eigenvalue weighted by Crippen LogP contribution is 2.39. The Balaban J connectivity index is 1.66. The van der Waals surface area contributed by atoms with Crippen LogP contribution in [0.25, 0.3) is 0 Å². The highest BCUT2D eigenvalue weighted by molar-refractivity contribution is 5.83. The van der Waals surface area contributed by atoms with Crippen molar-refractivity contribution in [1.82, 2.24) is 4.98 Å². The number of ether oxygens (including phenoxy) is 1. The van der Waals surface area contributed by atoms with Crippen molar-refractivity contribution < 1.29 is 9.53 Å². The van der Waals surface area contributed by atoms with Gasteiger partial charge in [-0.2, -0.15) is 0 Å². The van der Waals surface area contributed by atoms with Crippen LogP contribution in [0.3, 0.4) is 0 Å². The van der Waals surface area contributed by atoms with E-state index >= 15 is 0 Å². The third-order valence-corrected chi connectivity index (χ3v) is 3.60. The van der Waals surface area contributed by atoms with E-state index in [1.165, 1.54) is 0 Å². The van der Waals surface area contributed by atoms with Gasteiger partial charge >= 0.3 is 0 Å². The summed E-state index contributed by atoms with van der Waals surface area (Å²) >= 11 is 0. The average molecular weight is 217 g/mol. The number of nitrogens with zero attached hydrogens (tertiary/aromatic N) is 1. The molecule has 1 aromatic rings. The van der Waals surface area contributed by atoms with Crippen LogP contribution in [0.5, 0.6) is 0 Å². The first kappa shape index (κ1) is 9.97. The Morgan fingerprint density at radius 3 is 3.00 bits per heavy atom. The van der Waals surface area contributed by atoms with Gasteiger partial charge in [-0.15, -0.1) is 0 Å². The summed E-state index contributed by atoms with van der Waals surface area (Å²) in [6, 6.07) is 5.70. The lowest BCUT2D eigenvalue weighted by Gasteiger charge is -2.16. The maximum atomic E-state index is 12.1. The number of pyridine rings is 1. The molecule has 2 bridgehead atoms. The number of hydrogen-bond donors (Lipinski definition) is 0. The van der Waals surface area contributed by atoms with E-state index in [1.807, 2.05) is 18.2 Å². The van der Waals surface area contributed by atoms with Gasteiger partial charge in [-0.05, 0) is 31.4 Å². The Bertz CT molecular complexity index is 390. The number of aromatic nitrogens is 1. The topological polar surface area (TPSA) is 39.2 Å². The van der Waals surface area contributed by atoms with Crippen LogP contribution < -0.4 is 0 Å². The summed E-state index contributed by atoms with van der Waals surface area (Å²) in [4.78, 5) is 16.3. The number of rotatable bonds is 3. The van der Waals surface area contributed by atoms with Gasteiger partial charge in [0.25, 0.3) is 0 Å². The number of carbonyl (C=O) groups excluding carboxylic acids is 1. The van der Waals surface area contributed by atoms with Crippen molar-refractivity contribution in [1.29, 1.82) is 0 Å². The lowest BCUT2D eigenvalue weighted by Crippen LogP contribution is -2.26. The summed E-state index contributed by atoms with van der Waals surface area (Å²) in [5.74, 6) is 0.423. The quantitative estimate of drug-likeness (QED) is 0.774. The molecule has 0 amide bonds. The highest BCUT2D eigenvalue weighted by Gasteiger charge is 2.43. The Morgan fingerprint density at radius 1 is 1.44 bits per heavy atom. The van der Waals surface area contributed by atoms with Gasteiger partial charge in [-0.25, -0.2) is 0 Å². The maximum absolute atomic E-state index is 12.1. The molecule has 2 aliphatic rings. The minimum Gasteiger partial charge on any atom is -0.374 e. The minimum absolute atomic E-state index is 0.126. The molecule has 0 aromatic carbocycles. The van der Waals surface area contributed by atoms with E-state index in [0.717, 1.165) is 25.0 Å². The van der Waals surface area contributed by atoms with Crippen LogP contribution in [-0.4, -0.2) is 23.0 Å². The molecule has 3 unspecified atom stereocenters. The van der Waals surface area contributed by atoms with E-state index in [1.54, 1.807) is 6.20 Å². The first-order valence-electron chi connectivity index (χ1n) is 5.91. The molecule has 16 heavy (non-hydrogen) atoms. The van der Waals surface area contributed by atoms with Gasteiger partial charge in [0.15, 0.2) is 0 Å². The van der Waals surface area contributed by atoms with E-state index in [4.69, 9.17) is 4.74 Å². The molecule has 0 N–H and O–H groups in total. The van der Waals surface area contributed by atoms with Crippen LogP contribution in [-0.2, 0) is 16.0 Å². The van der Waals surface area contributed by atoms with Gasteiger partial charge in [0, 0.05) is 24.2 Å². The normalized spacial score (nSPS) is 31.9. The molecule has 3 rings (SSSR count). The highest BCUT2D eigenvalue weighted by atomic mass is 16.5. The predicted octanol–water partition coefficient (Wildman–Crippen LogP) is 1.76. The van der Waals surface area contributed by atoms with Crippen molar-refractivity contribution in [2.75, 3.05) is 0 Å². The summed E-state index contributed by atoms with van der Waals surface area (Å²) in [6.45, 7) is 0. The van der Waals surface area contributed by atoms with Gasteiger partial charge in [0.05, 0.1) is 12.2 Å². The van der Waals surface area contributed by atoms with Crippen LogP contribution in [0.15, 0.2) is 24.4 Å². The van der Waals surface area contributed by atoms with E-state index in [9.17, 15) is 4.79 Å². The Kier molecular flexibility index (Phi) is 2.48. The second kappa shape index (κ2) is 3.98. The lowest BCUT2D eigenvalue weighted by molar-refractivity contribution is -0.123. The summed E-state index contributed by atoms with van der Waals surface area (Å²) in [5.41, 5.74) is 0.871. The molecular weight excluding hydrogens is 202 g/mol. The third kappa shape index (κ3) is 1.76. The zero-order chi connectivity index (χ0) is 11.0. The second-order valence-corrected chi connectivity index (χ2v) is 4.68. The number of carbonyl (C=O) groups is 1. The molecule has 3 nitrogen and oxygen atoms in total. The second-order valence-electron chi connectivity index (χ2n) is 4.68. The van der Waals surface area contributed by atoms with Crippen LogP contribution in [0.1, 0.15) is 25.0 Å². The van der Waals surface area contributed by atoms with Crippen LogP contribution in [0.2, 0.25) is 0 Å².